The van der Waals surface area contributed by atoms with Crippen LogP contribution in [0.25, 0.3) is 5.69 Å². The second kappa shape index (κ2) is 10.7. The topological polar surface area (TPSA) is 59.8 Å². The van der Waals surface area contributed by atoms with E-state index in [1.165, 1.54) is 11.1 Å². The Balaban J connectivity index is 1.63. The maximum absolute atomic E-state index is 12.7. The molecule has 1 N–H and O–H groups in total. The van der Waals surface area contributed by atoms with E-state index in [-0.39, 0.29) is 12.5 Å². The van der Waals surface area contributed by atoms with Gasteiger partial charge in [-0.1, -0.05) is 81.2 Å². The highest BCUT2D eigenvalue weighted by atomic mass is 79.9. The van der Waals surface area contributed by atoms with Crippen LogP contribution < -0.4 is 5.32 Å². The number of thioether (sulfide) groups is 1. The lowest BCUT2D eigenvalue weighted by atomic mass is 10.1. The molecule has 0 aliphatic rings. The Bertz CT molecular complexity index is 1310. The molecule has 0 aliphatic carbocycles. The van der Waals surface area contributed by atoms with Crippen LogP contribution in [0.5, 0.6) is 0 Å². The van der Waals surface area contributed by atoms with Gasteiger partial charge in [0.25, 0.3) is 5.91 Å². The first-order chi connectivity index (χ1) is 15.9. The number of aryl methyl sites for hydroxylation is 1. The SMILES string of the molecule is Cc1ccccc1CSc1nnc(CNC(=O)c2cccc(Br)c2)n1-c1cc(Cl)ccc1Cl. The van der Waals surface area contributed by atoms with Crippen LogP contribution in [0.3, 0.4) is 0 Å². The Morgan fingerprint density at radius 1 is 1.06 bits per heavy atom. The van der Waals surface area contributed by atoms with E-state index in [0.717, 1.165) is 4.47 Å². The van der Waals surface area contributed by atoms with E-state index in [9.17, 15) is 4.79 Å². The van der Waals surface area contributed by atoms with Gasteiger partial charge in [-0.25, -0.2) is 0 Å². The standard InChI is InChI=1S/C24H19BrCl2N4OS/c1-15-5-2-3-6-17(15)14-33-24-30-29-22(31(24)21-12-19(26)9-10-20(21)27)13-28-23(32)16-7-4-8-18(25)11-16/h2-12H,13-14H2,1H3,(H,28,32). The van der Waals surface area contributed by atoms with Crippen molar-refractivity contribution in [2.45, 2.75) is 24.4 Å². The molecule has 168 valence electrons. The van der Waals surface area contributed by atoms with Gasteiger partial charge in [0.1, 0.15) is 0 Å². The predicted molar refractivity (Wildman–Crippen MR) is 137 cm³/mol. The summed E-state index contributed by atoms with van der Waals surface area (Å²) in [7, 11) is 0. The number of rotatable bonds is 7. The lowest BCUT2D eigenvalue weighted by molar-refractivity contribution is 0.0949. The maximum atomic E-state index is 12.7. The molecule has 3 aromatic carbocycles. The first-order valence-corrected chi connectivity index (χ1v) is 12.6. The average molecular weight is 562 g/mol. The predicted octanol–water partition coefficient (Wildman–Crippen LogP) is 6.87. The van der Waals surface area contributed by atoms with Gasteiger partial charge in [-0.05, 0) is 54.4 Å². The zero-order chi connectivity index (χ0) is 23.4. The smallest absolute Gasteiger partial charge is 0.251 e. The molecular weight excluding hydrogens is 543 g/mol. The van der Waals surface area contributed by atoms with Crippen LogP contribution in [0.2, 0.25) is 10.0 Å². The normalized spacial score (nSPS) is 10.9. The minimum absolute atomic E-state index is 0.173. The van der Waals surface area contributed by atoms with E-state index in [1.807, 2.05) is 28.8 Å². The number of amides is 1. The van der Waals surface area contributed by atoms with Crippen molar-refractivity contribution in [3.63, 3.8) is 0 Å². The fourth-order valence-electron chi connectivity index (χ4n) is 3.21. The molecule has 0 bridgehead atoms. The minimum Gasteiger partial charge on any atom is -0.345 e. The molecule has 1 aromatic heterocycles. The third-order valence-electron chi connectivity index (χ3n) is 4.96. The molecule has 5 nitrogen and oxygen atoms in total. The summed E-state index contributed by atoms with van der Waals surface area (Å²) < 4.78 is 2.68. The van der Waals surface area contributed by atoms with E-state index >= 15 is 0 Å². The van der Waals surface area contributed by atoms with Crippen molar-refractivity contribution in [2.75, 3.05) is 0 Å². The monoisotopic (exact) mass is 560 g/mol. The average Bonchev–Trinajstić information content (AvgIpc) is 3.21. The number of halogens is 3. The van der Waals surface area contributed by atoms with Crippen molar-refractivity contribution >= 4 is 56.8 Å². The number of hydrogen-bond acceptors (Lipinski definition) is 4. The van der Waals surface area contributed by atoms with E-state index in [0.29, 0.717) is 38.0 Å². The zero-order valence-electron chi connectivity index (χ0n) is 17.6. The number of carbonyl (C=O) groups excluding carboxylic acids is 1. The van der Waals surface area contributed by atoms with Crippen LogP contribution in [0.4, 0.5) is 0 Å². The summed E-state index contributed by atoms with van der Waals surface area (Å²) in [5.41, 5.74) is 3.62. The molecule has 4 aromatic rings. The summed E-state index contributed by atoms with van der Waals surface area (Å²) in [6.07, 6.45) is 0. The molecule has 4 rings (SSSR count). The highest BCUT2D eigenvalue weighted by molar-refractivity contribution is 9.10. The Morgan fingerprint density at radius 2 is 1.88 bits per heavy atom. The third-order valence-corrected chi connectivity index (χ3v) is 6.99. The first-order valence-electron chi connectivity index (χ1n) is 10.0. The molecule has 0 saturated carbocycles. The van der Waals surface area contributed by atoms with Crippen molar-refractivity contribution in [1.82, 2.24) is 20.1 Å². The highest BCUT2D eigenvalue weighted by Gasteiger charge is 2.18. The number of benzene rings is 3. The number of nitrogens with one attached hydrogen (secondary N) is 1. The van der Waals surface area contributed by atoms with Gasteiger partial charge >= 0.3 is 0 Å². The van der Waals surface area contributed by atoms with Crippen molar-refractivity contribution < 1.29 is 4.79 Å². The van der Waals surface area contributed by atoms with Crippen LogP contribution >= 0.6 is 50.9 Å². The number of aromatic nitrogens is 3. The summed E-state index contributed by atoms with van der Waals surface area (Å²) in [4.78, 5) is 12.7. The lowest BCUT2D eigenvalue weighted by Gasteiger charge is -2.13. The van der Waals surface area contributed by atoms with Crippen molar-refractivity contribution in [1.29, 1.82) is 0 Å². The molecule has 0 aliphatic heterocycles. The fraction of sp³-hybridized carbons (Fsp3) is 0.125. The molecule has 0 saturated heterocycles. The van der Waals surface area contributed by atoms with Crippen molar-refractivity contribution in [2.24, 2.45) is 0 Å². The molecule has 0 radical (unpaired) electrons. The fourth-order valence-corrected chi connectivity index (χ4v) is 5.02. The third kappa shape index (κ3) is 5.79. The van der Waals surface area contributed by atoms with E-state index < -0.39 is 0 Å². The van der Waals surface area contributed by atoms with Gasteiger partial charge < -0.3 is 5.32 Å². The summed E-state index contributed by atoms with van der Waals surface area (Å²) in [6.45, 7) is 2.25. The van der Waals surface area contributed by atoms with Crippen molar-refractivity contribution in [3.05, 3.63) is 104 Å². The number of nitrogens with zero attached hydrogens (tertiary/aromatic N) is 3. The van der Waals surface area contributed by atoms with Gasteiger partial charge in [-0.2, -0.15) is 0 Å². The van der Waals surface area contributed by atoms with E-state index in [1.54, 1.807) is 42.1 Å². The van der Waals surface area contributed by atoms with Gasteiger partial charge in [-0.3, -0.25) is 9.36 Å². The molecule has 9 heteroatoms. The van der Waals surface area contributed by atoms with Crippen LogP contribution in [0.15, 0.2) is 76.4 Å². The molecule has 33 heavy (non-hydrogen) atoms. The van der Waals surface area contributed by atoms with Crippen LogP contribution in [0, 0.1) is 6.92 Å². The summed E-state index contributed by atoms with van der Waals surface area (Å²) >= 11 is 17.7. The van der Waals surface area contributed by atoms with Crippen LogP contribution in [0.1, 0.15) is 27.3 Å². The van der Waals surface area contributed by atoms with E-state index in [4.69, 9.17) is 23.2 Å². The Morgan fingerprint density at radius 3 is 2.67 bits per heavy atom. The van der Waals surface area contributed by atoms with Gasteiger partial charge in [0.2, 0.25) is 0 Å². The molecular formula is C24H19BrCl2N4OS. The largest absolute Gasteiger partial charge is 0.345 e. The first kappa shape index (κ1) is 23.8. The zero-order valence-corrected chi connectivity index (χ0v) is 21.5. The summed E-state index contributed by atoms with van der Waals surface area (Å²) in [5.74, 6) is 1.06. The molecule has 1 heterocycles. The highest BCUT2D eigenvalue weighted by Crippen LogP contribution is 2.31. The van der Waals surface area contributed by atoms with Gasteiger partial charge in [-0.15, -0.1) is 10.2 Å². The van der Waals surface area contributed by atoms with Crippen LogP contribution in [-0.4, -0.2) is 20.7 Å². The van der Waals surface area contributed by atoms with E-state index in [2.05, 4.69) is 50.5 Å². The number of carbonyl (C=O) groups is 1. The maximum Gasteiger partial charge on any atom is 0.251 e. The summed E-state index contributed by atoms with van der Waals surface area (Å²) in [6, 6.07) is 20.6. The molecule has 0 spiro atoms. The second-order valence-electron chi connectivity index (χ2n) is 7.24. The van der Waals surface area contributed by atoms with Crippen LogP contribution in [-0.2, 0) is 12.3 Å². The Labute approximate surface area is 214 Å². The molecule has 0 atom stereocenters. The van der Waals surface area contributed by atoms with Gasteiger partial charge in [0.15, 0.2) is 11.0 Å². The van der Waals surface area contributed by atoms with Gasteiger partial charge in [0, 0.05) is 20.8 Å². The quantitative estimate of drug-likeness (QED) is 0.250. The molecule has 0 unspecified atom stereocenters. The Kier molecular flexibility index (Phi) is 7.75. The van der Waals surface area contributed by atoms with Crippen molar-refractivity contribution in [3.8, 4) is 5.69 Å². The molecule has 1 amide bonds. The van der Waals surface area contributed by atoms with Gasteiger partial charge in [0.05, 0.1) is 17.3 Å². The minimum atomic E-state index is -0.211. The lowest BCUT2D eigenvalue weighted by Crippen LogP contribution is -2.24. The number of hydrogen-bond donors (Lipinski definition) is 1. The second-order valence-corrected chi connectivity index (χ2v) is 9.94. The molecule has 0 fully saturated rings. The Hall–Kier alpha value is -2.32. The summed E-state index contributed by atoms with van der Waals surface area (Å²) in [5, 5.41) is 13.4.